The van der Waals surface area contributed by atoms with Crippen LogP contribution in [-0.2, 0) is 25.6 Å². The van der Waals surface area contributed by atoms with Crippen molar-refractivity contribution in [2.45, 2.75) is 46.3 Å². The average Bonchev–Trinajstić information content (AvgIpc) is 3.10. The highest BCUT2D eigenvalue weighted by atomic mass is 127. The number of hydrogen-bond acceptors (Lipinski definition) is 5. The molecule has 7 nitrogen and oxygen atoms in total. The number of alkyl halides is 3. The van der Waals surface area contributed by atoms with Gasteiger partial charge in [0.25, 0.3) is 0 Å². The van der Waals surface area contributed by atoms with Gasteiger partial charge >= 0.3 is 6.18 Å². The summed E-state index contributed by atoms with van der Waals surface area (Å²) in [5.74, 6) is 0.895. The zero-order chi connectivity index (χ0) is 21.3. The molecular weight excluding hydrogens is 514 g/mol. The molecular formula is C19H27F3IN5O2. The van der Waals surface area contributed by atoms with Crippen molar-refractivity contribution in [2.75, 3.05) is 19.7 Å². The summed E-state index contributed by atoms with van der Waals surface area (Å²) in [7, 11) is 0. The molecule has 0 aliphatic carbocycles. The Hall–Kier alpha value is -2.05. The Labute approximate surface area is 190 Å². The lowest BCUT2D eigenvalue weighted by molar-refractivity contribution is -0.139. The number of guanidine groups is 1. The van der Waals surface area contributed by atoms with Crippen molar-refractivity contribution in [1.29, 1.82) is 0 Å². The van der Waals surface area contributed by atoms with E-state index in [0.29, 0.717) is 19.0 Å². The molecule has 0 aliphatic rings. The van der Waals surface area contributed by atoms with Crippen molar-refractivity contribution in [3.63, 3.8) is 0 Å². The smallest absolute Gasteiger partial charge is 0.421 e. The molecule has 0 amide bonds. The number of hydrogen-bond donors (Lipinski definition) is 2. The third kappa shape index (κ3) is 7.33. The number of pyridine rings is 1. The molecule has 0 radical (unpaired) electrons. The first-order valence-electron chi connectivity index (χ1n) is 9.54. The fourth-order valence-electron chi connectivity index (χ4n) is 2.66. The number of nitrogens with zero attached hydrogens (tertiary/aromatic N) is 3. The van der Waals surface area contributed by atoms with Crippen molar-refractivity contribution in [3.8, 4) is 5.88 Å². The van der Waals surface area contributed by atoms with Gasteiger partial charge in [0, 0.05) is 24.7 Å². The van der Waals surface area contributed by atoms with Gasteiger partial charge in [0.1, 0.15) is 17.9 Å². The monoisotopic (exact) mass is 541 g/mol. The summed E-state index contributed by atoms with van der Waals surface area (Å²) in [5, 5.41) is 10.2. The van der Waals surface area contributed by atoms with E-state index in [2.05, 4.69) is 25.8 Å². The molecule has 0 saturated heterocycles. The molecule has 0 fully saturated rings. The number of ether oxygens (including phenoxy) is 1. The van der Waals surface area contributed by atoms with Crippen molar-refractivity contribution in [3.05, 3.63) is 40.9 Å². The molecule has 0 saturated carbocycles. The quantitative estimate of drug-likeness (QED) is 0.217. The summed E-state index contributed by atoms with van der Waals surface area (Å²) >= 11 is 0. The maximum atomic E-state index is 13.0. The average molecular weight is 541 g/mol. The van der Waals surface area contributed by atoms with Crippen LogP contribution in [0, 0.1) is 0 Å². The highest BCUT2D eigenvalue weighted by Gasteiger charge is 2.34. The first-order chi connectivity index (χ1) is 13.9. The molecule has 2 rings (SSSR count). The van der Waals surface area contributed by atoms with E-state index in [4.69, 9.17) is 9.26 Å². The maximum Gasteiger partial charge on any atom is 0.421 e. The predicted octanol–water partition coefficient (Wildman–Crippen LogP) is 3.97. The van der Waals surface area contributed by atoms with Crippen LogP contribution in [0.3, 0.4) is 0 Å². The molecule has 2 aromatic rings. The van der Waals surface area contributed by atoms with Crippen LogP contribution in [0.4, 0.5) is 13.2 Å². The molecule has 0 atom stereocenters. The second-order valence-corrected chi connectivity index (χ2v) is 6.06. The van der Waals surface area contributed by atoms with E-state index in [9.17, 15) is 13.2 Å². The second-order valence-electron chi connectivity index (χ2n) is 6.06. The van der Waals surface area contributed by atoms with E-state index in [1.165, 1.54) is 12.3 Å². The first kappa shape index (κ1) is 26.0. The van der Waals surface area contributed by atoms with Gasteiger partial charge in [-0.2, -0.15) is 13.2 Å². The zero-order valence-corrected chi connectivity index (χ0v) is 19.5. The molecule has 0 aliphatic heterocycles. The number of rotatable bonds is 9. The van der Waals surface area contributed by atoms with Gasteiger partial charge < -0.3 is 19.9 Å². The molecule has 0 aromatic carbocycles. The number of aliphatic imine (C=N–C) groups is 1. The van der Waals surface area contributed by atoms with Gasteiger partial charge in [-0.15, -0.1) is 24.0 Å². The van der Waals surface area contributed by atoms with Crippen LogP contribution in [0.5, 0.6) is 5.88 Å². The van der Waals surface area contributed by atoms with Crippen LogP contribution in [0.15, 0.2) is 27.8 Å². The fraction of sp³-hybridized carbons (Fsp3) is 0.526. The van der Waals surface area contributed by atoms with E-state index >= 15 is 0 Å². The van der Waals surface area contributed by atoms with E-state index in [1.807, 2.05) is 20.8 Å². The van der Waals surface area contributed by atoms with Gasteiger partial charge in [0.15, 0.2) is 5.96 Å². The highest BCUT2D eigenvalue weighted by Crippen LogP contribution is 2.34. The predicted molar refractivity (Wildman–Crippen MR) is 118 cm³/mol. The molecule has 30 heavy (non-hydrogen) atoms. The van der Waals surface area contributed by atoms with E-state index in [0.717, 1.165) is 35.9 Å². The van der Waals surface area contributed by atoms with Gasteiger partial charge in [-0.1, -0.05) is 19.0 Å². The Morgan fingerprint density at radius 3 is 2.60 bits per heavy atom. The topological polar surface area (TPSA) is 84.6 Å². The van der Waals surface area contributed by atoms with Crippen molar-refractivity contribution < 1.29 is 22.4 Å². The number of aromatic nitrogens is 2. The Kier molecular flexibility index (Phi) is 10.9. The van der Waals surface area contributed by atoms with E-state index in [-0.39, 0.29) is 37.1 Å². The SMILES string of the molecule is CCNC(=NCc1c(CC)noc1CC)NCCOc1ncccc1C(F)(F)F.I. The Morgan fingerprint density at radius 1 is 1.20 bits per heavy atom. The minimum atomic E-state index is -4.51. The summed E-state index contributed by atoms with van der Waals surface area (Å²) < 4.78 is 49.5. The molecule has 168 valence electrons. The third-order valence-electron chi connectivity index (χ3n) is 4.06. The van der Waals surface area contributed by atoms with E-state index in [1.54, 1.807) is 0 Å². The minimum Gasteiger partial charge on any atom is -0.475 e. The molecule has 2 N–H and O–H groups in total. The van der Waals surface area contributed by atoms with Crippen LogP contribution in [0.25, 0.3) is 0 Å². The third-order valence-corrected chi connectivity index (χ3v) is 4.06. The lowest BCUT2D eigenvalue weighted by Crippen LogP contribution is -2.39. The second kappa shape index (κ2) is 12.6. The van der Waals surface area contributed by atoms with Crippen LogP contribution < -0.4 is 15.4 Å². The molecule has 11 heteroatoms. The van der Waals surface area contributed by atoms with Crippen molar-refractivity contribution >= 4 is 29.9 Å². The van der Waals surface area contributed by atoms with Gasteiger partial charge in [0.05, 0.1) is 18.8 Å². The summed E-state index contributed by atoms with van der Waals surface area (Å²) in [6, 6.07) is 2.17. The number of aryl methyl sites for hydroxylation is 2. The number of nitrogens with one attached hydrogen (secondary N) is 2. The summed E-state index contributed by atoms with van der Waals surface area (Å²) in [6.45, 7) is 7.19. The Bertz CT molecular complexity index is 790. The maximum absolute atomic E-state index is 13.0. The van der Waals surface area contributed by atoms with Gasteiger partial charge in [-0.25, -0.2) is 9.98 Å². The van der Waals surface area contributed by atoms with Crippen molar-refractivity contribution in [2.24, 2.45) is 4.99 Å². The lowest BCUT2D eigenvalue weighted by atomic mass is 10.1. The first-order valence-corrected chi connectivity index (χ1v) is 9.54. The highest BCUT2D eigenvalue weighted by molar-refractivity contribution is 14.0. The Morgan fingerprint density at radius 2 is 1.97 bits per heavy atom. The molecule has 0 unspecified atom stereocenters. The van der Waals surface area contributed by atoms with Crippen LogP contribution in [0.2, 0.25) is 0 Å². The summed E-state index contributed by atoms with van der Waals surface area (Å²) in [6.07, 6.45) is -1.78. The summed E-state index contributed by atoms with van der Waals surface area (Å²) in [4.78, 5) is 8.19. The van der Waals surface area contributed by atoms with E-state index < -0.39 is 17.6 Å². The molecule has 2 aromatic heterocycles. The number of halogens is 4. The molecule has 2 heterocycles. The fourth-order valence-corrected chi connectivity index (χ4v) is 2.66. The zero-order valence-electron chi connectivity index (χ0n) is 17.2. The van der Waals surface area contributed by atoms with Gasteiger partial charge in [0.2, 0.25) is 5.88 Å². The minimum absolute atomic E-state index is 0. The largest absolute Gasteiger partial charge is 0.475 e. The molecule has 0 bridgehead atoms. The van der Waals surface area contributed by atoms with Crippen LogP contribution in [0.1, 0.15) is 43.4 Å². The van der Waals surface area contributed by atoms with Gasteiger partial charge in [-0.05, 0) is 25.5 Å². The van der Waals surface area contributed by atoms with Crippen LogP contribution in [-0.4, -0.2) is 35.8 Å². The molecule has 0 spiro atoms. The van der Waals surface area contributed by atoms with Crippen molar-refractivity contribution in [1.82, 2.24) is 20.8 Å². The van der Waals surface area contributed by atoms with Crippen LogP contribution >= 0.6 is 24.0 Å². The van der Waals surface area contributed by atoms with Gasteiger partial charge in [-0.3, -0.25) is 0 Å². The summed E-state index contributed by atoms with van der Waals surface area (Å²) in [5.41, 5.74) is 0.943. The Balaban J connectivity index is 0.00000450. The normalized spacial score (nSPS) is 11.7. The lowest BCUT2D eigenvalue weighted by Gasteiger charge is -2.14. The standard InChI is InChI=1S/C19H26F3N5O2.HI/c1-4-15-13(16(5-2)29-27-15)12-26-18(23-6-3)25-10-11-28-17-14(19(20,21)22)8-7-9-24-17;/h7-9H,4-6,10-12H2,1-3H3,(H2,23,25,26);1H.